The number of piperidine rings is 1. The van der Waals surface area contributed by atoms with E-state index in [9.17, 15) is 19.5 Å². The van der Waals surface area contributed by atoms with Crippen LogP contribution in [0.1, 0.15) is 28.8 Å². The minimum Gasteiger partial charge on any atom is -0.479 e. The number of amides is 2. The van der Waals surface area contributed by atoms with Gasteiger partial charge in [-0.05, 0) is 31.4 Å². The Morgan fingerprint density at radius 3 is 2.44 bits per heavy atom. The lowest BCUT2D eigenvalue weighted by molar-refractivity contribution is -0.149. The molecule has 0 saturated carbocycles. The lowest BCUT2D eigenvalue weighted by atomic mass is 9.94. The minimum absolute atomic E-state index is 0.00440. The number of benzene rings is 1. The first kappa shape index (κ1) is 17.2. The number of carbonyl (C=O) groups excluding carboxylic acids is 2. The second-order valence-corrected chi connectivity index (χ2v) is 6.58. The van der Waals surface area contributed by atoms with Crippen LogP contribution >= 0.6 is 0 Å². The Labute approximate surface area is 146 Å². The van der Waals surface area contributed by atoms with Gasteiger partial charge in [-0.15, -0.1) is 0 Å². The molecule has 0 aliphatic carbocycles. The van der Waals surface area contributed by atoms with Crippen LogP contribution in [0.5, 0.6) is 0 Å². The Kier molecular flexibility index (Phi) is 4.88. The second kappa shape index (κ2) is 7.09. The van der Waals surface area contributed by atoms with E-state index in [1.165, 1.54) is 4.90 Å². The van der Waals surface area contributed by atoms with E-state index in [4.69, 9.17) is 0 Å². The average Bonchev–Trinajstić information content (AvgIpc) is 3.11. The van der Waals surface area contributed by atoms with Crippen molar-refractivity contribution in [3.8, 4) is 0 Å². The molecule has 1 aromatic rings. The van der Waals surface area contributed by atoms with Crippen LogP contribution in [-0.4, -0.2) is 58.4 Å². The van der Waals surface area contributed by atoms with Gasteiger partial charge in [0, 0.05) is 31.1 Å². The van der Waals surface area contributed by atoms with Crippen molar-refractivity contribution >= 4 is 17.8 Å². The zero-order valence-electron chi connectivity index (χ0n) is 14.2. The molecule has 6 nitrogen and oxygen atoms in total. The third-order valence-electron chi connectivity index (χ3n) is 5.00. The summed E-state index contributed by atoms with van der Waals surface area (Å²) in [5.74, 6) is -1.35. The highest BCUT2D eigenvalue weighted by Crippen LogP contribution is 2.24. The Morgan fingerprint density at radius 2 is 1.80 bits per heavy atom. The highest BCUT2D eigenvalue weighted by molar-refractivity contribution is 5.96. The molecule has 2 aliphatic heterocycles. The van der Waals surface area contributed by atoms with Gasteiger partial charge in [0.15, 0.2) is 0 Å². The molecule has 0 aromatic heterocycles. The van der Waals surface area contributed by atoms with Gasteiger partial charge in [-0.25, -0.2) is 4.79 Å². The summed E-state index contributed by atoms with van der Waals surface area (Å²) in [4.78, 5) is 39.7. The number of likely N-dealkylation sites (tertiary alicyclic amines) is 1. The summed E-state index contributed by atoms with van der Waals surface area (Å²) in [5, 5.41) is 9.20. The van der Waals surface area contributed by atoms with Crippen LogP contribution in [0.25, 0.3) is 0 Å². The fourth-order valence-corrected chi connectivity index (χ4v) is 3.51. The van der Waals surface area contributed by atoms with Crippen molar-refractivity contribution in [2.24, 2.45) is 5.92 Å². The zero-order valence-corrected chi connectivity index (χ0v) is 14.2. The Hall–Kier alpha value is -2.63. The molecule has 2 aliphatic rings. The largest absolute Gasteiger partial charge is 0.479 e. The van der Waals surface area contributed by atoms with Crippen molar-refractivity contribution in [3.63, 3.8) is 0 Å². The number of hydrogen-bond acceptors (Lipinski definition) is 3. The molecule has 0 bridgehead atoms. The topological polar surface area (TPSA) is 77.9 Å². The van der Waals surface area contributed by atoms with E-state index in [1.807, 2.05) is 31.2 Å². The van der Waals surface area contributed by atoms with E-state index in [-0.39, 0.29) is 17.7 Å². The maximum absolute atomic E-state index is 12.6. The summed E-state index contributed by atoms with van der Waals surface area (Å²) in [7, 11) is 0. The molecule has 1 N–H and O–H groups in total. The highest BCUT2D eigenvalue weighted by Gasteiger charge is 2.36. The minimum atomic E-state index is -1.01. The summed E-state index contributed by atoms with van der Waals surface area (Å²) in [6.07, 6.45) is 4.41. The van der Waals surface area contributed by atoms with E-state index in [0.29, 0.717) is 38.0 Å². The molecule has 2 amide bonds. The predicted octanol–water partition coefficient (Wildman–Crippen LogP) is 1.70. The summed E-state index contributed by atoms with van der Waals surface area (Å²) in [5.41, 5.74) is 1.64. The lowest BCUT2D eigenvalue weighted by Crippen LogP contribution is -2.47. The standard InChI is InChI=1S/C19H22N2O4/c1-13-5-2-3-6-15(13)18(23)20-11-8-14(9-12-20)17(22)21-10-4-7-16(21)19(24)25/h2-7,14,16H,8-12H2,1H3,(H,24,25)/t16-/m1/s1. The molecule has 6 heteroatoms. The van der Waals surface area contributed by atoms with Crippen LogP contribution < -0.4 is 0 Å². The van der Waals surface area contributed by atoms with E-state index in [0.717, 1.165) is 5.56 Å². The zero-order chi connectivity index (χ0) is 18.0. The van der Waals surface area contributed by atoms with Gasteiger partial charge in [-0.3, -0.25) is 9.59 Å². The third kappa shape index (κ3) is 3.43. The highest BCUT2D eigenvalue weighted by atomic mass is 16.4. The number of aliphatic carboxylic acids is 1. The van der Waals surface area contributed by atoms with Gasteiger partial charge < -0.3 is 14.9 Å². The van der Waals surface area contributed by atoms with Crippen molar-refractivity contribution in [1.82, 2.24) is 9.80 Å². The summed E-state index contributed by atoms with van der Waals surface area (Å²) >= 11 is 0. The third-order valence-corrected chi connectivity index (χ3v) is 5.00. The van der Waals surface area contributed by atoms with Crippen LogP contribution in [0.15, 0.2) is 36.4 Å². The number of aryl methyl sites for hydroxylation is 1. The van der Waals surface area contributed by atoms with Crippen molar-refractivity contribution in [3.05, 3.63) is 47.5 Å². The molecule has 2 heterocycles. The van der Waals surface area contributed by atoms with Gasteiger partial charge in [0.1, 0.15) is 6.04 Å². The molecule has 1 aromatic carbocycles. The number of carbonyl (C=O) groups is 3. The normalized spacial score (nSPS) is 20.8. The molecular weight excluding hydrogens is 320 g/mol. The summed E-state index contributed by atoms with van der Waals surface area (Å²) in [6, 6.07) is 6.63. The Bertz CT molecular complexity index is 720. The number of carboxylic acid groups (broad SMARTS) is 1. The molecule has 1 atom stereocenters. The Morgan fingerprint density at radius 1 is 1.12 bits per heavy atom. The smallest absolute Gasteiger partial charge is 0.330 e. The van der Waals surface area contributed by atoms with Gasteiger partial charge in [0.25, 0.3) is 5.91 Å². The van der Waals surface area contributed by atoms with Crippen molar-refractivity contribution in [2.75, 3.05) is 19.6 Å². The predicted molar refractivity (Wildman–Crippen MR) is 92.1 cm³/mol. The quantitative estimate of drug-likeness (QED) is 0.848. The fraction of sp³-hybridized carbons (Fsp3) is 0.421. The molecule has 3 rings (SSSR count). The molecule has 1 saturated heterocycles. The van der Waals surface area contributed by atoms with Crippen LogP contribution in [0.4, 0.5) is 0 Å². The summed E-state index contributed by atoms with van der Waals surface area (Å²) < 4.78 is 0. The molecule has 1 fully saturated rings. The van der Waals surface area contributed by atoms with Gasteiger partial charge in [0.05, 0.1) is 0 Å². The number of nitrogens with zero attached hydrogens (tertiary/aromatic N) is 2. The van der Waals surface area contributed by atoms with Gasteiger partial charge >= 0.3 is 5.97 Å². The first-order chi connectivity index (χ1) is 12.0. The average molecular weight is 342 g/mol. The molecular formula is C19H22N2O4. The van der Waals surface area contributed by atoms with Crippen LogP contribution in [0.2, 0.25) is 0 Å². The lowest BCUT2D eigenvalue weighted by Gasteiger charge is -2.34. The van der Waals surface area contributed by atoms with Crippen LogP contribution in [-0.2, 0) is 9.59 Å². The van der Waals surface area contributed by atoms with Gasteiger partial charge in [-0.2, -0.15) is 0 Å². The van der Waals surface area contributed by atoms with E-state index in [1.54, 1.807) is 17.1 Å². The molecule has 25 heavy (non-hydrogen) atoms. The number of carboxylic acids is 1. The van der Waals surface area contributed by atoms with Crippen LogP contribution in [0.3, 0.4) is 0 Å². The monoisotopic (exact) mass is 342 g/mol. The fourth-order valence-electron chi connectivity index (χ4n) is 3.51. The molecule has 132 valence electrons. The molecule has 0 radical (unpaired) electrons. The number of hydrogen-bond donors (Lipinski definition) is 1. The molecule has 0 unspecified atom stereocenters. The van der Waals surface area contributed by atoms with Gasteiger partial charge in [0.2, 0.25) is 5.91 Å². The van der Waals surface area contributed by atoms with Crippen molar-refractivity contribution in [1.29, 1.82) is 0 Å². The maximum Gasteiger partial charge on any atom is 0.330 e. The first-order valence-corrected chi connectivity index (χ1v) is 8.54. The van der Waals surface area contributed by atoms with Crippen molar-refractivity contribution < 1.29 is 19.5 Å². The number of rotatable bonds is 3. The Balaban J connectivity index is 1.60. The summed E-state index contributed by atoms with van der Waals surface area (Å²) in [6.45, 7) is 3.29. The van der Waals surface area contributed by atoms with Crippen LogP contribution in [0, 0.1) is 12.8 Å². The van der Waals surface area contributed by atoms with E-state index >= 15 is 0 Å². The van der Waals surface area contributed by atoms with Crippen molar-refractivity contribution in [2.45, 2.75) is 25.8 Å². The second-order valence-electron chi connectivity index (χ2n) is 6.58. The first-order valence-electron chi connectivity index (χ1n) is 8.54. The SMILES string of the molecule is Cc1ccccc1C(=O)N1CCC(C(=O)N2CC=C[C@@H]2C(=O)O)CC1. The maximum atomic E-state index is 12.6. The van der Waals surface area contributed by atoms with E-state index < -0.39 is 12.0 Å². The van der Waals surface area contributed by atoms with E-state index in [2.05, 4.69) is 0 Å². The molecule has 0 spiro atoms. The van der Waals surface area contributed by atoms with Gasteiger partial charge in [-0.1, -0.05) is 30.4 Å².